The molecule has 1 aromatic carbocycles. The van der Waals surface area contributed by atoms with Gasteiger partial charge in [0.1, 0.15) is 0 Å². The van der Waals surface area contributed by atoms with Crippen molar-refractivity contribution in [1.29, 1.82) is 0 Å². The van der Waals surface area contributed by atoms with E-state index in [0.29, 0.717) is 31.7 Å². The van der Waals surface area contributed by atoms with Crippen molar-refractivity contribution < 1.29 is 13.2 Å². The molecule has 144 valence electrons. The number of carbonyl (C=O) groups excluding carboxylic acids is 1. The van der Waals surface area contributed by atoms with E-state index in [0.717, 1.165) is 18.4 Å². The van der Waals surface area contributed by atoms with E-state index in [1.165, 1.54) is 10.6 Å². The van der Waals surface area contributed by atoms with Crippen LogP contribution in [0.5, 0.6) is 0 Å². The van der Waals surface area contributed by atoms with Crippen LogP contribution in [-0.4, -0.2) is 65.2 Å². The summed E-state index contributed by atoms with van der Waals surface area (Å²) in [4.78, 5) is 15.1. The van der Waals surface area contributed by atoms with Crippen LogP contribution in [0.25, 0.3) is 0 Å². The first-order chi connectivity index (χ1) is 12.9. The van der Waals surface area contributed by atoms with Crippen molar-refractivity contribution in [2.24, 2.45) is 5.92 Å². The molecule has 3 aliphatic rings. The molecule has 1 amide bonds. The predicted molar refractivity (Wildman–Crippen MR) is 102 cm³/mol. The first kappa shape index (κ1) is 18.2. The lowest BCUT2D eigenvalue weighted by Gasteiger charge is -2.36. The molecular weight excluding hydrogens is 364 g/mol. The van der Waals surface area contributed by atoms with Gasteiger partial charge in [-0.05, 0) is 42.5 Å². The van der Waals surface area contributed by atoms with Crippen molar-refractivity contribution in [1.82, 2.24) is 19.0 Å². The van der Waals surface area contributed by atoms with E-state index in [2.05, 4.69) is 5.10 Å². The average molecular weight is 388 g/mol. The maximum atomic E-state index is 13.2. The number of hydrogen-bond donors (Lipinski definition) is 0. The fourth-order valence-corrected chi connectivity index (χ4v) is 5.03. The number of carbonyl (C=O) groups is 1. The van der Waals surface area contributed by atoms with Crippen LogP contribution in [0.15, 0.2) is 42.7 Å². The van der Waals surface area contributed by atoms with Crippen molar-refractivity contribution in [2.45, 2.75) is 25.4 Å². The van der Waals surface area contributed by atoms with E-state index in [4.69, 9.17) is 0 Å². The summed E-state index contributed by atoms with van der Waals surface area (Å²) in [5.74, 6) is 0.192. The summed E-state index contributed by atoms with van der Waals surface area (Å²) in [5.41, 5.74) is 1.67. The molecule has 0 saturated carbocycles. The van der Waals surface area contributed by atoms with Crippen LogP contribution in [0, 0.1) is 5.92 Å². The normalized spacial score (nSPS) is 23.4. The highest BCUT2D eigenvalue weighted by Gasteiger charge is 2.39. The molecule has 3 fully saturated rings. The second-order valence-corrected chi connectivity index (χ2v) is 9.52. The van der Waals surface area contributed by atoms with Gasteiger partial charge in [0.25, 0.3) is 5.91 Å². The van der Waals surface area contributed by atoms with Gasteiger partial charge in [0.15, 0.2) is 0 Å². The topological polar surface area (TPSA) is 75.5 Å². The molecule has 0 aliphatic carbocycles. The molecule has 3 saturated heterocycles. The third-order valence-corrected chi connectivity index (χ3v) is 6.72. The Morgan fingerprint density at radius 3 is 2.78 bits per heavy atom. The molecule has 27 heavy (non-hydrogen) atoms. The van der Waals surface area contributed by atoms with Gasteiger partial charge in [0, 0.05) is 43.6 Å². The molecular formula is C19H24N4O3S. The first-order valence-electron chi connectivity index (χ1n) is 9.22. The molecule has 1 aromatic heterocycles. The zero-order valence-corrected chi connectivity index (χ0v) is 16.2. The number of sulfonamides is 1. The average Bonchev–Trinajstić information content (AvgIpc) is 2.96. The maximum Gasteiger partial charge on any atom is 0.254 e. The molecule has 0 radical (unpaired) electrons. The van der Waals surface area contributed by atoms with Crippen molar-refractivity contribution in [3.8, 4) is 0 Å². The highest BCUT2D eigenvalue weighted by Crippen LogP contribution is 2.30. The van der Waals surface area contributed by atoms with Crippen molar-refractivity contribution in [2.75, 3.05) is 25.9 Å². The zero-order valence-electron chi connectivity index (χ0n) is 15.4. The van der Waals surface area contributed by atoms with Crippen LogP contribution in [0.2, 0.25) is 0 Å². The van der Waals surface area contributed by atoms with Gasteiger partial charge < -0.3 is 4.90 Å². The molecule has 2 aromatic rings. The van der Waals surface area contributed by atoms with Gasteiger partial charge >= 0.3 is 0 Å². The molecule has 0 N–H and O–H groups in total. The van der Waals surface area contributed by atoms with Gasteiger partial charge in [-0.1, -0.05) is 12.1 Å². The summed E-state index contributed by atoms with van der Waals surface area (Å²) in [6.45, 7) is 2.15. The standard InChI is InChI=1S/C19H24N4O3S/c1-27(25,26)22-12-16-6-7-18(14-22)23(13-16)19(24)17-5-2-4-15(10-17)11-21-9-3-8-20-21/h2-5,8-10,16,18H,6-7,11-14H2,1H3/t16-,18+/m0/s1. The predicted octanol–water partition coefficient (Wildman–Crippen LogP) is 1.43. The molecule has 0 unspecified atom stereocenters. The summed E-state index contributed by atoms with van der Waals surface area (Å²) < 4.78 is 27.4. The molecule has 8 heteroatoms. The summed E-state index contributed by atoms with van der Waals surface area (Å²) in [5, 5.41) is 4.21. The number of piperidine rings is 1. The minimum atomic E-state index is -3.24. The Bertz CT molecular complexity index is 926. The highest BCUT2D eigenvalue weighted by atomic mass is 32.2. The van der Waals surface area contributed by atoms with Crippen LogP contribution in [-0.2, 0) is 16.6 Å². The number of benzene rings is 1. The van der Waals surface area contributed by atoms with Gasteiger partial charge in [-0.25, -0.2) is 8.42 Å². The number of rotatable bonds is 4. The molecule has 2 atom stereocenters. The van der Waals surface area contributed by atoms with Crippen LogP contribution >= 0.6 is 0 Å². The third-order valence-electron chi connectivity index (χ3n) is 5.49. The Hall–Kier alpha value is -2.19. The lowest BCUT2D eigenvalue weighted by atomic mass is 9.94. The number of aromatic nitrogens is 2. The lowest BCUT2D eigenvalue weighted by Crippen LogP contribution is -2.47. The fourth-order valence-electron chi connectivity index (χ4n) is 4.11. The third kappa shape index (κ3) is 3.91. The molecule has 2 bridgehead atoms. The second-order valence-electron chi connectivity index (χ2n) is 7.54. The zero-order chi connectivity index (χ0) is 19.0. The molecule has 5 rings (SSSR count). The van der Waals surface area contributed by atoms with Crippen LogP contribution in [0.1, 0.15) is 28.8 Å². The fraction of sp³-hybridized carbons (Fsp3) is 0.474. The summed E-state index contributed by atoms with van der Waals surface area (Å²) in [7, 11) is -3.24. The van der Waals surface area contributed by atoms with Crippen molar-refractivity contribution in [3.63, 3.8) is 0 Å². The van der Waals surface area contributed by atoms with Gasteiger partial charge in [-0.3, -0.25) is 9.48 Å². The SMILES string of the molecule is CS(=O)(=O)N1C[C@@H]2CC[C@H](C1)N(C(=O)c1cccc(Cn3cccn3)c1)C2. The number of amides is 1. The van der Waals surface area contributed by atoms with E-state index in [-0.39, 0.29) is 17.9 Å². The smallest absolute Gasteiger partial charge is 0.254 e. The van der Waals surface area contributed by atoms with Crippen LogP contribution < -0.4 is 0 Å². The maximum absolute atomic E-state index is 13.2. The van der Waals surface area contributed by atoms with Gasteiger partial charge in [0.05, 0.1) is 12.8 Å². The Morgan fingerprint density at radius 2 is 2.04 bits per heavy atom. The Labute approximate surface area is 159 Å². The summed E-state index contributed by atoms with van der Waals surface area (Å²) in [6, 6.07) is 9.44. The van der Waals surface area contributed by atoms with E-state index < -0.39 is 10.0 Å². The van der Waals surface area contributed by atoms with E-state index >= 15 is 0 Å². The quantitative estimate of drug-likeness (QED) is 0.794. The minimum Gasteiger partial charge on any atom is -0.334 e. The lowest BCUT2D eigenvalue weighted by molar-refractivity contribution is 0.0588. The van der Waals surface area contributed by atoms with E-state index in [9.17, 15) is 13.2 Å². The Kier molecular flexibility index (Phi) is 4.77. The molecule has 0 spiro atoms. The summed E-state index contributed by atoms with van der Waals surface area (Å²) >= 11 is 0. The number of hydrogen-bond acceptors (Lipinski definition) is 4. The minimum absolute atomic E-state index is 0.0117. The monoisotopic (exact) mass is 388 g/mol. The van der Waals surface area contributed by atoms with Crippen molar-refractivity contribution in [3.05, 3.63) is 53.9 Å². The van der Waals surface area contributed by atoms with Gasteiger partial charge in [0.2, 0.25) is 10.0 Å². The molecule has 3 aliphatic heterocycles. The number of fused-ring (bicyclic) bond motifs is 4. The van der Waals surface area contributed by atoms with Gasteiger partial charge in [-0.15, -0.1) is 0 Å². The molecule has 7 nitrogen and oxygen atoms in total. The Morgan fingerprint density at radius 1 is 1.19 bits per heavy atom. The summed E-state index contributed by atoms with van der Waals surface area (Å²) in [6.07, 6.45) is 6.70. The van der Waals surface area contributed by atoms with Crippen LogP contribution in [0.4, 0.5) is 0 Å². The Balaban J connectivity index is 1.54. The van der Waals surface area contributed by atoms with Crippen LogP contribution in [0.3, 0.4) is 0 Å². The van der Waals surface area contributed by atoms with E-state index in [1.807, 2.05) is 46.1 Å². The van der Waals surface area contributed by atoms with E-state index in [1.54, 1.807) is 6.20 Å². The van der Waals surface area contributed by atoms with Crippen molar-refractivity contribution >= 4 is 15.9 Å². The first-order valence-corrected chi connectivity index (χ1v) is 11.1. The highest BCUT2D eigenvalue weighted by molar-refractivity contribution is 7.88. The van der Waals surface area contributed by atoms with Gasteiger partial charge in [-0.2, -0.15) is 9.40 Å². The largest absolute Gasteiger partial charge is 0.334 e. The number of nitrogens with zero attached hydrogens (tertiary/aromatic N) is 4. The molecule has 4 heterocycles. The second kappa shape index (κ2) is 7.09.